The Morgan fingerprint density at radius 1 is 0.444 bits per heavy atom. The second-order valence-electron chi connectivity index (χ2n) is 10.0. The molecule has 12 heteroatoms. The number of nitrogens with zero attached hydrogens (tertiary/aromatic N) is 3. The molecule has 234 valence electrons. The van der Waals surface area contributed by atoms with Gasteiger partial charge in [0.15, 0.2) is 0 Å². The molecule has 0 saturated heterocycles. The van der Waals surface area contributed by atoms with E-state index in [2.05, 4.69) is 0 Å². The standard InChI is InChI=1S/C33H33N3O9/c1-4-7-28(37)43-25-16-10-22(11-17-25)34-31(40)35(23-12-18-26(19-13-23)44-29(38)8-5-2)33(42)36(32(34)41)24-14-20-27(21-15-24)45-30(39)9-6-3/h10-21H,4-9H2,1-3H3. The quantitative estimate of drug-likeness (QED) is 0.169. The van der Waals surface area contributed by atoms with E-state index in [-0.39, 0.29) is 53.6 Å². The molecule has 0 radical (unpaired) electrons. The van der Waals surface area contributed by atoms with E-state index in [0.29, 0.717) is 19.3 Å². The van der Waals surface area contributed by atoms with Gasteiger partial charge < -0.3 is 14.2 Å². The summed E-state index contributed by atoms with van der Waals surface area (Å²) in [5.74, 6) is -0.608. The molecule has 0 unspecified atom stereocenters. The molecule has 45 heavy (non-hydrogen) atoms. The van der Waals surface area contributed by atoms with Crippen LogP contribution in [0.4, 0.5) is 0 Å². The maximum Gasteiger partial charge on any atom is 0.345 e. The highest BCUT2D eigenvalue weighted by Crippen LogP contribution is 2.18. The third-order valence-electron chi connectivity index (χ3n) is 6.49. The number of benzene rings is 3. The summed E-state index contributed by atoms with van der Waals surface area (Å²) in [5.41, 5.74) is -2.55. The largest absolute Gasteiger partial charge is 0.427 e. The SMILES string of the molecule is CCCC(=O)Oc1ccc(-n2c(=O)n(-c3ccc(OC(=O)CCC)cc3)c(=O)n(-c3ccc(OC(=O)CCC)cc3)c2=O)cc1. The van der Waals surface area contributed by atoms with Crippen molar-refractivity contribution in [2.45, 2.75) is 59.3 Å². The molecule has 0 fully saturated rings. The van der Waals surface area contributed by atoms with Crippen LogP contribution in [0.2, 0.25) is 0 Å². The van der Waals surface area contributed by atoms with Crippen LogP contribution in [0.3, 0.4) is 0 Å². The van der Waals surface area contributed by atoms with Gasteiger partial charge in [-0.15, -0.1) is 0 Å². The van der Waals surface area contributed by atoms with Crippen LogP contribution in [0, 0.1) is 0 Å². The highest BCUT2D eigenvalue weighted by atomic mass is 16.5. The van der Waals surface area contributed by atoms with Crippen molar-refractivity contribution in [2.24, 2.45) is 0 Å². The molecule has 0 aliphatic carbocycles. The van der Waals surface area contributed by atoms with Crippen molar-refractivity contribution in [2.75, 3.05) is 0 Å². The van der Waals surface area contributed by atoms with E-state index in [1.807, 2.05) is 20.8 Å². The van der Waals surface area contributed by atoms with Gasteiger partial charge in [0.2, 0.25) is 0 Å². The number of carbonyl (C=O) groups is 3. The van der Waals surface area contributed by atoms with Crippen LogP contribution in [0.15, 0.2) is 87.2 Å². The van der Waals surface area contributed by atoms with Crippen molar-refractivity contribution in [3.05, 3.63) is 104 Å². The van der Waals surface area contributed by atoms with Crippen molar-refractivity contribution in [3.63, 3.8) is 0 Å². The van der Waals surface area contributed by atoms with Gasteiger partial charge in [-0.25, -0.2) is 28.1 Å². The van der Waals surface area contributed by atoms with Crippen LogP contribution < -0.4 is 31.3 Å². The summed E-state index contributed by atoms with van der Waals surface area (Å²) < 4.78 is 18.3. The molecule has 0 spiro atoms. The van der Waals surface area contributed by atoms with E-state index >= 15 is 0 Å². The Balaban J connectivity index is 1.84. The van der Waals surface area contributed by atoms with Crippen molar-refractivity contribution in [3.8, 4) is 34.3 Å². The molecule has 0 bridgehead atoms. The summed E-state index contributed by atoms with van der Waals surface area (Å²) in [6.45, 7) is 5.53. The number of ether oxygens (including phenoxy) is 3. The van der Waals surface area contributed by atoms with E-state index < -0.39 is 35.0 Å². The van der Waals surface area contributed by atoms with Gasteiger partial charge in [-0.05, 0) is 92.1 Å². The summed E-state index contributed by atoms with van der Waals surface area (Å²) >= 11 is 0. The molecule has 0 aliphatic rings. The second kappa shape index (κ2) is 14.8. The molecule has 0 saturated carbocycles. The third kappa shape index (κ3) is 7.71. The van der Waals surface area contributed by atoms with Gasteiger partial charge in [0.25, 0.3) is 0 Å². The van der Waals surface area contributed by atoms with Crippen LogP contribution in [0.1, 0.15) is 59.3 Å². The number of hydrogen-bond acceptors (Lipinski definition) is 9. The van der Waals surface area contributed by atoms with Crippen LogP contribution in [0.5, 0.6) is 17.2 Å². The van der Waals surface area contributed by atoms with Gasteiger partial charge >= 0.3 is 35.0 Å². The summed E-state index contributed by atoms with van der Waals surface area (Å²) in [4.78, 5) is 77.2. The van der Waals surface area contributed by atoms with Crippen LogP contribution >= 0.6 is 0 Å². The average molecular weight is 616 g/mol. The fourth-order valence-corrected chi connectivity index (χ4v) is 4.36. The smallest absolute Gasteiger partial charge is 0.345 e. The van der Waals surface area contributed by atoms with Crippen molar-refractivity contribution in [1.82, 2.24) is 13.7 Å². The summed E-state index contributed by atoms with van der Waals surface area (Å²) in [7, 11) is 0. The molecule has 1 heterocycles. The fourth-order valence-electron chi connectivity index (χ4n) is 4.36. The minimum absolute atomic E-state index is 0.109. The molecule has 1 aromatic heterocycles. The molecule has 0 amide bonds. The summed E-state index contributed by atoms with van der Waals surface area (Å²) in [6.07, 6.45) is 2.51. The van der Waals surface area contributed by atoms with Gasteiger partial charge in [0.05, 0.1) is 17.1 Å². The zero-order chi connectivity index (χ0) is 32.5. The van der Waals surface area contributed by atoms with Gasteiger partial charge in [-0.2, -0.15) is 0 Å². The van der Waals surface area contributed by atoms with Crippen LogP contribution in [-0.2, 0) is 14.4 Å². The first-order valence-corrected chi connectivity index (χ1v) is 14.6. The molecule has 0 N–H and O–H groups in total. The summed E-state index contributed by atoms with van der Waals surface area (Å²) in [6, 6.07) is 17.1. The lowest BCUT2D eigenvalue weighted by Crippen LogP contribution is -2.52. The number of rotatable bonds is 12. The van der Waals surface area contributed by atoms with Crippen LogP contribution in [0.25, 0.3) is 17.1 Å². The van der Waals surface area contributed by atoms with E-state index in [4.69, 9.17) is 14.2 Å². The van der Waals surface area contributed by atoms with Crippen LogP contribution in [-0.4, -0.2) is 31.6 Å². The Morgan fingerprint density at radius 3 is 0.867 bits per heavy atom. The van der Waals surface area contributed by atoms with Gasteiger partial charge in [0, 0.05) is 19.3 Å². The second-order valence-corrected chi connectivity index (χ2v) is 10.0. The molecule has 4 rings (SSSR count). The van der Waals surface area contributed by atoms with Gasteiger partial charge in [-0.3, -0.25) is 14.4 Å². The molecule has 0 atom stereocenters. The van der Waals surface area contributed by atoms with E-state index in [1.165, 1.54) is 72.8 Å². The Morgan fingerprint density at radius 2 is 0.667 bits per heavy atom. The Labute approximate surface area is 258 Å². The van der Waals surface area contributed by atoms with Crippen molar-refractivity contribution < 1.29 is 28.6 Å². The first kappa shape index (κ1) is 32.4. The fraction of sp³-hybridized carbons (Fsp3) is 0.273. The van der Waals surface area contributed by atoms with Gasteiger partial charge in [-0.1, -0.05) is 20.8 Å². The van der Waals surface area contributed by atoms with E-state index in [9.17, 15) is 28.8 Å². The van der Waals surface area contributed by atoms with E-state index in [0.717, 1.165) is 13.7 Å². The molecule has 3 aromatic carbocycles. The lowest BCUT2D eigenvalue weighted by Gasteiger charge is -2.15. The van der Waals surface area contributed by atoms with Gasteiger partial charge in [0.1, 0.15) is 17.2 Å². The minimum Gasteiger partial charge on any atom is -0.427 e. The normalized spacial score (nSPS) is 10.7. The Hall–Kier alpha value is -5.52. The predicted molar refractivity (Wildman–Crippen MR) is 165 cm³/mol. The van der Waals surface area contributed by atoms with Crippen molar-refractivity contribution in [1.29, 1.82) is 0 Å². The number of carbonyl (C=O) groups excluding carboxylic acids is 3. The molecular weight excluding hydrogens is 582 g/mol. The van der Waals surface area contributed by atoms with Crippen molar-refractivity contribution >= 4 is 17.9 Å². The molecular formula is C33H33N3O9. The first-order valence-electron chi connectivity index (χ1n) is 14.6. The maximum absolute atomic E-state index is 13.8. The first-order chi connectivity index (χ1) is 21.7. The lowest BCUT2D eigenvalue weighted by molar-refractivity contribution is -0.135. The predicted octanol–water partition coefficient (Wildman–Crippen LogP) is 4.26. The Bertz CT molecular complexity index is 1600. The maximum atomic E-state index is 13.8. The minimum atomic E-state index is -0.960. The number of hydrogen-bond donors (Lipinski definition) is 0. The topological polar surface area (TPSA) is 145 Å². The molecule has 12 nitrogen and oxygen atoms in total. The summed E-state index contributed by atoms with van der Waals surface area (Å²) in [5, 5.41) is 0. The third-order valence-corrected chi connectivity index (χ3v) is 6.49. The lowest BCUT2D eigenvalue weighted by atomic mass is 10.2. The highest BCUT2D eigenvalue weighted by molar-refractivity contribution is 5.73. The highest BCUT2D eigenvalue weighted by Gasteiger charge is 2.20. The Kier molecular flexibility index (Phi) is 10.6. The molecule has 0 aliphatic heterocycles. The number of aromatic nitrogens is 3. The average Bonchev–Trinajstić information content (AvgIpc) is 3.00. The zero-order valence-electron chi connectivity index (χ0n) is 25.2. The zero-order valence-corrected chi connectivity index (χ0v) is 25.2. The van der Waals surface area contributed by atoms with E-state index in [1.54, 1.807) is 0 Å². The molecule has 4 aromatic rings. The number of esters is 3. The monoisotopic (exact) mass is 615 g/mol.